The summed E-state index contributed by atoms with van der Waals surface area (Å²) in [6.07, 6.45) is 0.715. The smallest absolute Gasteiger partial charge is 0.323 e. The molecule has 0 heterocycles. The quantitative estimate of drug-likeness (QED) is 0.226. The highest BCUT2D eigenvalue weighted by Crippen LogP contribution is 2.04. The molecule has 0 aromatic rings. The Morgan fingerprint density at radius 1 is 1.56 bits per heavy atom. The van der Waals surface area contributed by atoms with E-state index in [2.05, 4.69) is 15.3 Å². The van der Waals surface area contributed by atoms with Gasteiger partial charge in [-0.15, -0.1) is 0 Å². The Hall–Kier alpha value is -1.26. The lowest BCUT2D eigenvalue weighted by atomic mass is 10.0. The molecule has 0 rings (SSSR count). The molecule has 0 aromatic carbocycles. The monoisotopic (exact) mass is 228 g/mol. The minimum absolute atomic E-state index is 0.179. The predicted octanol–water partition coefficient (Wildman–Crippen LogP) is 1.86. The number of hydrogen-bond acceptors (Lipinski definition) is 4. The van der Waals surface area contributed by atoms with Crippen molar-refractivity contribution in [3.63, 3.8) is 0 Å². The largest absolute Gasteiger partial charge is 0.465 e. The van der Waals surface area contributed by atoms with Crippen molar-refractivity contribution >= 4 is 5.97 Å². The van der Waals surface area contributed by atoms with Crippen LogP contribution in [0.4, 0.5) is 0 Å². The van der Waals surface area contributed by atoms with E-state index in [0.29, 0.717) is 26.1 Å². The zero-order chi connectivity index (χ0) is 12.4. The first-order chi connectivity index (χ1) is 7.63. The molecule has 0 amide bonds. The second-order valence-corrected chi connectivity index (χ2v) is 3.74. The summed E-state index contributed by atoms with van der Waals surface area (Å²) in [7, 11) is 0. The second kappa shape index (κ2) is 9.00. The molecule has 0 saturated heterocycles. The van der Waals surface area contributed by atoms with Gasteiger partial charge in [0.15, 0.2) is 0 Å². The SMILES string of the molecule is CCOC(=O)C(NCCCN=[N+]=[N-])C(C)C. The average Bonchev–Trinajstić information content (AvgIpc) is 2.23. The zero-order valence-electron chi connectivity index (χ0n) is 10.1. The number of azide groups is 1. The van der Waals surface area contributed by atoms with Crippen LogP contribution >= 0.6 is 0 Å². The first-order valence-corrected chi connectivity index (χ1v) is 5.54. The number of nitrogens with one attached hydrogen (secondary N) is 1. The third kappa shape index (κ3) is 6.27. The van der Waals surface area contributed by atoms with Crippen molar-refractivity contribution in [2.45, 2.75) is 33.2 Å². The van der Waals surface area contributed by atoms with Crippen molar-refractivity contribution in [3.05, 3.63) is 10.4 Å². The number of carbonyl (C=O) groups is 1. The molecule has 1 unspecified atom stereocenters. The van der Waals surface area contributed by atoms with E-state index in [0.717, 1.165) is 0 Å². The molecule has 16 heavy (non-hydrogen) atoms. The van der Waals surface area contributed by atoms with Gasteiger partial charge in [-0.2, -0.15) is 0 Å². The number of hydrogen-bond donors (Lipinski definition) is 1. The van der Waals surface area contributed by atoms with Crippen LogP contribution in [-0.4, -0.2) is 31.7 Å². The summed E-state index contributed by atoms with van der Waals surface area (Å²) in [5.41, 5.74) is 8.09. The average molecular weight is 228 g/mol. The highest BCUT2D eigenvalue weighted by molar-refractivity contribution is 5.76. The van der Waals surface area contributed by atoms with Crippen LogP contribution in [0.5, 0.6) is 0 Å². The van der Waals surface area contributed by atoms with Crippen LogP contribution < -0.4 is 5.32 Å². The lowest BCUT2D eigenvalue weighted by Crippen LogP contribution is -2.42. The van der Waals surface area contributed by atoms with Crippen LogP contribution in [0, 0.1) is 5.92 Å². The number of esters is 1. The van der Waals surface area contributed by atoms with E-state index < -0.39 is 0 Å². The Morgan fingerprint density at radius 3 is 2.75 bits per heavy atom. The molecule has 1 N–H and O–H groups in total. The third-order valence-corrected chi connectivity index (χ3v) is 2.07. The van der Waals surface area contributed by atoms with Gasteiger partial charge < -0.3 is 10.1 Å². The van der Waals surface area contributed by atoms with E-state index in [1.807, 2.05) is 13.8 Å². The maximum Gasteiger partial charge on any atom is 0.323 e. The molecule has 0 aromatic heterocycles. The van der Waals surface area contributed by atoms with Crippen molar-refractivity contribution in [1.82, 2.24) is 5.32 Å². The van der Waals surface area contributed by atoms with Gasteiger partial charge in [0.2, 0.25) is 0 Å². The van der Waals surface area contributed by atoms with Crippen LogP contribution in [0.15, 0.2) is 5.11 Å². The summed E-state index contributed by atoms with van der Waals surface area (Å²) < 4.78 is 4.96. The van der Waals surface area contributed by atoms with Gasteiger partial charge in [-0.25, -0.2) is 0 Å². The molecule has 0 spiro atoms. The summed E-state index contributed by atoms with van der Waals surface area (Å²) in [5, 5.41) is 6.52. The fraction of sp³-hybridized carbons (Fsp3) is 0.900. The molecule has 0 aliphatic heterocycles. The van der Waals surface area contributed by atoms with E-state index in [-0.39, 0.29) is 17.9 Å². The molecule has 0 aliphatic carbocycles. The normalized spacial score (nSPS) is 12.0. The summed E-state index contributed by atoms with van der Waals surface area (Å²) in [6.45, 7) is 7.18. The Kier molecular flexibility index (Phi) is 8.29. The van der Waals surface area contributed by atoms with Crippen LogP contribution in [0.3, 0.4) is 0 Å². The zero-order valence-corrected chi connectivity index (χ0v) is 10.1. The number of nitrogens with zero attached hydrogens (tertiary/aromatic N) is 3. The molecule has 6 heteroatoms. The van der Waals surface area contributed by atoms with Crippen LogP contribution in [0.25, 0.3) is 10.4 Å². The Bertz CT molecular complexity index is 249. The molecule has 0 bridgehead atoms. The molecular weight excluding hydrogens is 208 g/mol. The van der Waals surface area contributed by atoms with Crippen LogP contribution in [0.1, 0.15) is 27.2 Å². The fourth-order valence-corrected chi connectivity index (χ4v) is 1.28. The summed E-state index contributed by atoms with van der Waals surface area (Å²) in [6, 6.07) is -0.286. The first kappa shape index (κ1) is 14.7. The summed E-state index contributed by atoms with van der Waals surface area (Å²) in [4.78, 5) is 14.2. The summed E-state index contributed by atoms with van der Waals surface area (Å²) in [5.74, 6) is -0.0418. The van der Waals surface area contributed by atoms with Gasteiger partial charge in [0.05, 0.1) is 6.61 Å². The first-order valence-electron chi connectivity index (χ1n) is 5.54. The molecular formula is C10H20N4O2. The van der Waals surface area contributed by atoms with Crippen molar-refractivity contribution in [1.29, 1.82) is 0 Å². The second-order valence-electron chi connectivity index (χ2n) is 3.74. The van der Waals surface area contributed by atoms with E-state index >= 15 is 0 Å². The van der Waals surface area contributed by atoms with Gasteiger partial charge in [0, 0.05) is 11.5 Å². The van der Waals surface area contributed by atoms with E-state index in [1.165, 1.54) is 0 Å². The lowest BCUT2D eigenvalue weighted by molar-refractivity contribution is -0.146. The molecule has 0 radical (unpaired) electrons. The third-order valence-electron chi connectivity index (χ3n) is 2.07. The van der Waals surface area contributed by atoms with Gasteiger partial charge in [-0.3, -0.25) is 4.79 Å². The minimum Gasteiger partial charge on any atom is -0.465 e. The van der Waals surface area contributed by atoms with E-state index in [4.69, 9.17) is 10.3 Å². The molecule has 0 fully saturated rings. The van der Waals surface area contributed by atoms with E-state index in [9.17, 15) is 4.79 Å². The Balaban J connectivity index is 3.94. The maximum absolute atomic E-state index is 11.5. The fourth-order valence-electron chi connectivity index (χ4n) is 1.28. The van der Waals surface area contributed by atoms with Crippen molar-refractivity contribution < 1.29 is 9.53 Å². The molecule has 0 aliphatic rings. The van der Waals surface area contributed by atoms with Gasteiger partial charge in [-0.05, 0) is 31.3 Å². The standard InChI is InChI=1S/C10H20N4O2/c1-4-16-10(15)9(8(2)3)12-6-5-7-13-14-11/h8-9,12H,4-7H2,1-3H3. The highest BCUT2D eigenvalue weighted by atomic mass is 16.5. The Morgan fingerprint density at radius 2 is 2.25 bits per heavy atom. The van der Waals surface area contributed by atoms with Crippen LogP contribution in [0.2, 0.25) is 0 Å². The minimum atomic E-state index is -0.286. The van der Waals surface area contributed by atoms with Gasteiger partial charge >= 0.3 is 5.97 Å². The van der Waals surface area contributed by atoms with E-state index in [1.54, 1.807) is 6.92 Å². The van der Waals surface area contributed by atoms with Crippen molar-refractivity contribution in [3.8, 4) is 0 Å². The Labute approximate surface area is 96.0 Å². The topological polar surface area (TPSA) is 87.1 Å². The molecule has 6 nitrogen and oxygen atoms in total. The maximum atomic E-state index is 11.5. The van der Waals surface area contributed by atoms with Crippen molar-refractivity contribution in [2.75, 3.05) is 19.7 Å². The van der Waals surface area contributed by atoms with Gasteiger partial charge in [0.1, 0.15) is 6.04 Å². The van der Waals surface area contributed by atoms with Crippen LogP contribution in [-0.2, 0) is 9.53 Å². The molecule has 1 atom stereocenters. The number of carbonyl (C=O) groups excluding carboxylic acids is 1. The lowest BCUT2D eigenvalue weighted by Gasteiger charge is -2.20. The highest BCUT2D eigenvalue weighted by Gasteiger charge is 2.22. The number of rotatable bonds is 8. The van der Waals surface area contributed by atoms with Gasteiger partial charge in [-0.1, -0.05) is 19.0 Å². The number of ether oxygens (including phenoxy) is 1. The molecule has 92 valence electrons. The molecule has 0 saturated carbocycles. The van der Waals surface area contributed by atoms with Gasteiger partial charge in [0.25, 0.3) is 0 Å². The summed E-state index contributed by atoms with van der Waals surface area (Å²) >= 11 is 0. The predicted molar refractivity (Wildman–Crippen MR) is 61.9 cm³/mol. The van der Waals surface area contributed by atoms with Crippen molar-refractivity contribution in [2.24, 2.45) is 11.0 Å².